The Labute approximate surface area is 222 Å². The molecule has 30 heavy (non-hydrogen) atoms. The van der Waals surface area contributed by atoms with Crippen molar-refractivity contribution in [2.24, 2.45) is 0 Å². The first kappa shape index (κ1) is 35.7. The summed E-state index contributed by atoms with van der Waals surface area (Å²) in [6.45, 7) is 0. The summed E-state index contributed by atoms with van der Waals surface area (Å²) < 4.78 is 0.407. The van der Waals surface area contributed by atoms with E-state index in [1.165, 1.54) is 0 Å². The van der Waals surface area contributed by atoms with Crippen LogP contribution in [0.5, 0.6) is 0 Å². The molecule has 0 saturated heterocycles. The van der Waals surface area contributed by atoms with E-state index in [2.05, 4.69) is 44.5 Å². The van der Waals surface area contributed by atoms with Gasteiger partial charge < -0.3 is 0 Å². The fourth-order valence-corrected chi connectivity index (χ4v) is 4.67. The zero-order valence-corrected chi connectivity index (χ0v) is 30.7. The average Bonchev–Trinajstić information content (AvgIpc) is 2.61. The molecule has 0 heterocycles. The Morgan fingerprint density at radius 3 is 1.13 bits per heavy atom. The smallest absolute Gasteiger partial charge is 0 e. The van der Waals surface area contributed by atoms with Gasteiger partial charge >= 0.3 is 147 Å². The third-order valence-electron chi connectivity index (χ3n) is 2.72. The molecule has 0 spiro atoms. The van der Waals surface area contributed by atoms with Crippen LogP contribution >= 0.6 is 11.6 Å². The Balaban J connectivity index is -0.000000358. The SMILES string of the molecule is O=C(Cl)c1ccccc1.[CH3][Sn]([CH3])([CH3])[C](=O)c1ccccc1.[CH3][Sn]([CH3])[CH3].[CH3][Sn]([CH3])[CH3].[Pd]. The van der Waals surface area contributed by atoms with Crippen molar-refractivity contribution in [3.8, 4) is 0 Å². The van der Waals surface area contributed by atoms with E-state index in [1.807, 2.05) is 36.4 Å². The monoisotopic (exact) mass is 846 g/mol. The minimum absolute atomic E-state index is 0. The maximum Gasteiger partial charge on any atom is 0 e. The van der Waals surface area contributed by atoms with Gasteiger partial charge in [-0.2, -0.15) is 0 Å². The molecule has 0 aliphatic carbocycles. The molecule has 170 valence electrons. The summed E-state index contributed by atoms with van der Waals surface area (Å²) in [6, 6.07) is 18.3. The van der Waals surface area contributed by atoms with E-state index in [9.17, 15) is 9.59 Å². The van der Waals surface area contributed by atoms with Crippen LogP contribution in [0.3, 0.4) is 0 Å². The molecule has 2 rings (SSSR count). The number of carbonyl (C=O) groups is 2. The molecule has 2 aromatic carbocycles. The normalized spacial score (nSPS) is 9.60. The largest absolute Gasteiger partial charge is 0 e. The van der Waals surface area contributed by atoms with Crippen molar-refractivity contribution in [2.45, 2.75) is 44.5 Å². The molecule has 0 N–H and O–H groups in total. The van der Waals surface area contributed by atoms with E-state index in [1.54, 1.807) is 24.3 Å². The number of halogens is 1. The Kier molecular flexibility index (Phi) is 24.7. The van der Waals surface area contributed by atoms with Gasteiger partial charge in [0.1, 0.15) is 0 Å². The van der Waals surface area contributed by atoms with Crippen molar-refractivity contribution in [2.75, 3.05) is 0 Å². The van der Waals surface area contributed by atoms with Crippen LogP contribution in [0.2, 0.25) is 44.5 Å². The zero-order chi connectivity index (χ0) is 23.0. The van der Waals surface area contributed by atoms with Crippen LogP contribution in [-0.2, 0) is 20.4 Å². The van der Waals surface area contributed by atoms with Gasteiger partial charge in [-0.3, -0.25) is 4.79 Å². The maximum atomic E-state index is 11.8. The summed E-state index contributed by atoms with van der Waals surface area (Å²) in [5, 5.41) is -0.407. The van der Waals surface area contributed by atoms with Gasteiger partial charge in [-0.25, -0.2) is 0 Å². The van der Waals surface area contributed by atoms with Crippen LogP contribution in [0.4, 0.5) is 0 Å². The molecule has 0 amide bonds. The fraction of sp³-hybridized carbons (Fsp3) is 0.391. The molecule has 2 nitrogen and oxygen atoms in total. The Morgan fingerprint density at radius 2 is 0.933 bits per heavy atom. The summed E-state index contributed by atoms with van der Waals surface area (Å²) in [6.07, 6.45) is 0. The van der Waals surface area contributed by atoms with Gasteiger partial charge in [-0.15, -0.1) is 0 Å². The summed E-state index contributed by atoms with van der Waals surface area (Å²) in [5.74, 6) is 0. The predicted molar refractivity (Wildman–Crippen MR) is 137 cm³/mol. The van der Waals surface area contributed by atoms with Crippen molar-refractivity contribution in [1.29, 1.82) is 0 Å². The van der Waals surface area contributed by atoms with Crippen molar-refractivity contribution in [3.63, 3.8) is 0 Å². The van der Waals surface area contributed by atoms with Gasteiger partial charge in [0.2, 0.25) is 0 Å². The fourth-order valence-electron chi connectivity index (χ4n) is 1.59. The summed E-state index contributed by atoms with van der Waals surface area (Å²) >= 11 is 1.74. The third-order valence-corrected chi connectivity index (χ3v) is 7.65. The molecule has 2 radical (unpaired) electrons. The molecule has 0 saturated carbocycles. The molecule has 0 bridgehead atoms. The molecule has 0 fully saturated rings. The Bertz CT molecular complexity index is 677. The number of hydrogen-bond donors (Lipinski definition) is 0. The zero-order valence-electron chi connectivity index (χ0n) is 19.8. The van der Waals surface area contributed by atoms with Gasteiger partial charge in [-0.1, -0.05) is 30.3 Å². The van der Waals surface area contributed by atoms with E-state index in [4.69, 9.17) is 11.6 Å². The van der Waals surface area contributed by atoms with Crippen LogP contribution in [0.15, 0.2) is 60.7 Å². The van der Waals surface area contributed by atoms with Crippen LogP contribution in [0.25, 0.3) is 0 Å². The topological polar surface area (TPSA) is 34.1 Å². The number of benzene rings is 2. The number of hydrogen-bond acceptors (Lipinski definition) is 2. The summed E-state index contributed by atoms with van der Waals surface area (Å²) in [5.41, 5.74) is 1.43. The Morgan fingerprint density at radius 1 is 0.667 bits per heavy atom. The van der Waals surface area contributed by atoms with Crippen molar-refractivity contribution in [3.05, 3.63) is 71.8 Å². The molecule has 7 heteroatoms. The van der Waals surface area contributed by atoms with Crippen LogP contribution in [0, 0.1) is 0 Å². The predicted octanol–water partition coefficient (Wildman–Crippen LogP) is 7.55. The van der Waals surface area contributed by atoms with E-state index >= 15 is 0 Å². The van der Waals surface area contributed by atoms with Gasteiger partial charge in [0.25, 0.3) is 5.24 Å². The first-order chi connectivity index (χ1) is 13.3. The van der Waals surface area contributed by atoms with Crippen LogP contribution in [0.1, 0.15) is 20.7 Å². The second-order valence-electron chi connectivity index (χ2n) is 8.58. The maximum absolute atomic E-state index is 11.8. The minimum Gasteiger partial charge on any atom is 0 e. The number of carbonyl (C=O) groups excluding carboxylic acids is 2. The molecule has 2 aromatic rings. The molecule has 0 aliphatic rings. The van der Waals surface area contributed by atoms with Gasteiger partial charge in [0.05, 0.1) is 0 Å². The van der Waals surface area contributed by atoms with Crippen LogP contribution in [-0.4, -0.2) is 66.9 Å². The molecule has 0 unspecified atom stereocenters. The standard InChI is InChI=1S/C7H5ClO.C7H5O.9CH3.Pd.3Sn/c8-7(9)6-4-2-1-3-5-6;8-6-7-4-2-1-3-5-7;;;;;;;;;;;;;/h1-5H;1-5H;9*1H3;;;;. The van der Waals surface area contributed by atoms with Crippen molar-refractivity contribution >= 4 is 78.5 Å². The van der Waals surface area contributed by atoms with E-state index in [0.717, 1.165) is 5.56 Å². The first-order valence-electron chi connectivity index (χ1n) is 9.67. The molecular formula is C23H37ClO2PdSn3. The van der Waals surface area contributed by atoms with Gasteiger partial charge in [-0.05, 0) is 11.6 Å². The van der Waals surface area contributed by atoms with E-state index < -0.39 is 63.1 Å². The van der Waals surface area contributed by atoms with Gasteiger partial charge in [0, 0.05) is 26.0 Å². The molecule has 0 aliphatic heterocycles. The van der Waals surface area contributed by atoms with Crippen molar-refractivity contribution in [1.82, 2.24) is 0 Å². The first-order valence-corrected chi connectivity index (χ1v) is 37.2. The third kappa shape index (κ3) is 23.8. The van der Waals surface area contributed by atoms with Gasteiger partial charge in [0.15, 0.2) is 0 Å². The molecule has 0 atom stereocenters. The van der Waals surface area contributed by atoms with E-state index in [0.29, 0.717) is 9.36 Å². The molecule has 0 aromatic heterocycles. The second kappa shape index (κ2) is 20.7. The minimum atomic E-state index is -2.34. The Hall–Kier alpha value is 1.13. The second-order valence-corrected chi connectivity index (χ2v) is 40.2. The van der Waals surface area contributed by atoms with Crippen molar-refractivity contribution < 1.29 is 30.0 Å². The average molecular weight is 844 g/mol. The van der Waals surface area contributed by atoms with E-state index in [-0.39, 0.29) is 20.4 Å². The summed E-state index contributed by atoms with van der Waals surface area (Å²) in [4.78, 5) is 42.8. The molecular weight excluding hydrogens is 806 g/mol. The van der Waals surface area contributed by atoms with Crippen LogP contribution < -0.4 is 0 Å². The summed E-state index contributed by atoms with van der Waals surface area (Å²) in [7, 11) is 0. The quantitative estimate of drug-likeness (QED) is 0.237. The number of rotatable bonds is 3.